The first-order valence-corrected chi connectivity index (χ1v) is 16.2. The minimum absolute atomic E-state index is 0.635. The molecule has 0 saturated heterocycles. The van der Waals surface area contributed by atoms with E-state index in [-0.39, 0.29) is 0 Å². The molecule has 0 aliphatic rings. The molecule has 2 heterocycles. The summed E-state index contributed by atoms with van der Waals surface area (Å²) in [6, 6.07) is 62.3. The molecule has 9 rings (SSSR count). The minimum atomic E-state index is 0.635. The van der Waals surface area contributed by atoms with E-state index in [0.717, 1.165) is 55.3 Å². The van der Waals surface area contributed by atoms with Gasteiger partial charge in [0.1, 0.15) is 0 Å². The van der Waals surface area contributed by atoms with Crippen molar-refractivity contribution in [2.75, 3.05) is 4.90 Å². The lowest BCUT2D eigenvalue weighted by Crippen LogP contribution is -2.11. The fourth-order valence-corrected chi connectivity index (χ4v) is 6.76. The van der Waals surface area contributed by atoms with Crippen molar-refractivity contribution in [1.82, 2.24) is 4.98 Å². The zero-order valence-corrected chi connectivity index (χ0v) is 26.1. The van der Waals surface area contributed by atoms with Crippen molar-refractivity contribution in [1.29, 1.82) is 0 Å². The highest BCUT2D eigenvalue weighted by Crippen LogP contribution is 2.47. The number of hydrogen-bond donors (Lipinski definition) is 0. The van der Waals surface area contributed by atoms with Crippen LogP contribution in [0.1, 0.15) is 0 Å². The van der Waals surface area contributed by atoms with Crippen LogP contribution in [0.25, 0.3) is 66.2 Å². The molecule has 0 radical (unpaired) electrons. The third-order valence-electron chi connectivity index (χ3n) is 9.12. The van der Waals surface area contributed by atoms with Crippen molar-refractivity contribution in [2.45, 2.75) is 0 Å². The quantitative estimate of drug-likeness (QED) is 0.187. The van der Waals surface area contributed by atoms with Crippen LogP contribution in [0.4, 0.5) is 17.1 Å². The molecule has 3 nitrogen and oxygen atoms in total. The molecule has 0 aliphatic carbocycles. The van der Waals surface area contributed by atoms with Crippen LogP contribution >= 0.6 is 0 Å². The lowest BCUT2D eigenvalue weighted by atomic mass is 9.99. The highest BCUT2D eigenvalue weighted by molar-refractivity contribution is 6.18. The van der Waals surface area contributed by atoms with Gasteiger partial charge in [-0.05, 0) is 81.2 Å². The van der Waals surface area contributed by atoms with Gasteiger partial charge in [-0.2, -0.15) is 0 Å². The third-order valence-corrected chi connectivity index (χ3v) is 9.12. The molecule has 0 bridgehead atoms. The van der Waals surface area contributed by atoms with Gasteiger partial charge in [0.15, 0.2) is 5.58 Å². The Bertz CT molecular complexity index is 2540. The van der Waals surface area contributed by atoms with Gasteiger partial charge < -0.3 is 9.32 Å². The molecule has 0 N–H and O–H groups in total. The molecule has 226 valence electrons. The zero-order valence-electron chi connectivity index (χ0n) is 26.1. The standard InChI is InChI=1S/C45H30N2O/c1-3-11-31(12-4-1)33-20-22-34(23-21-33)35-24-26-38(27-25-35)47(39-17-9-16-36(29-39)32-13-5-2-6-14-32)43-40-18-8-7-15-37(40)30-42-41-19-10-28-46-45(41)48-44(42)43/h1-30H. The minimum Gasteiger partial charge on any atom is -0.435 e. The van der Waals surface area contributed by atoms with Gasteiger partial charge in [0.05, 0.1) is 5.69 Å². The molecule has 7 aromatic carbocycles. The molecule has 9 aromatic rings. The summed E-state index contributed by atoms with van der Waals surface area (Å²) in [5, 5.41) is 4.30. The van der Waals surface area contributed by atoms with Crippen LogP contribution in [-0.4, -0.2) is 4.98 Å². The number of rotatable bonds is 6. The second-order valence-electron chi connectivity index (χ2n) is 12.0. The fraction of sp³-hybridized carbons (Fsp3) is 0. The molecule has 3 heteroatoms. The van der Waals surface area contributed by atoms with E-state index in [2.05, 4.69) is 180 Å². The maximum atomic E-state index is 6.62. The summed E-state index contributed by atoms with van der Waals surface area (Å²) < 4.78 is 6.62. The maximum Gasteiger partial charge on any atom is 0.227 e. The van der Waals surface area contributed by atoms with Crippen molar-refractivity contribution in [3.8, 4) is 33.4 Å². The van der Waals surface area contributed by atoms with E-state index in [1.165, 1.54) is 22.3 Å². The molecule has 48 heavy (non-hydrogen) atoms. The van der Waals surface area contributed by atoms with E-state index in [1.807, 2.05) is 6.07 Å². The Hall–Kier alpha value is -6.45. The highest BCUT2D eigenvalue weighted by atomic mass is 16.3. The Labute approximate surface area is 279 Å². The highest BCUT2D eigenvalue weighted by Gasteiger charge is 2.23. The Kier molecular flexibility index (Phi) is 6.80. The van der Waals surface area contributed by atoms with Crippen LogP contribution in [-0.2, 0) is 0 Å². The summed E-state index contributed by atoms with van der Waals surface area (Å²) in [7, 11) is 0. The van der Waals surface area contributed by atoms with Gasteiger partial charge in [-0.1, -0.05) is 133 Å². The van der Waals surface area contributed by atoms with Crippen LogP contribution in [0, 0.1) is 0 Å². The Morgan fingerprint density at radius 3 is 1.67 bits per heavy atom. The van der Waals surface area contributed by atoms with Crippen LogP contribution in [0.2, 0.25) is 0 Å². The van der Waals surface area contributed by atoms with Crippen molar-refractivity contribution in [3.63, 3.8) is 0 Å². The van der Waals surface area contributed by atoms with Gasteiger partial charge >= 0.3 is 0 Å². The summed E-state index contributed by atoms with van der Waals surface area (Å²) >= 11 is 0. The van der Waals surface area contributed by atoms with E-state index in [4.69, 9.17) is 4.42 Å². The Morgan fingerprint density at radius 1 is 0.396 bits per heavy atom. The van der Waals surface area contributed by atoms with Gasteiger partial charge in [0.2, 0.25) is 5.71 Å². The molecule has 0 aliphatic heterocycles. The maximum absolute atomic E-state index is 6.62. The van der Waals surface area contributed by atoms with E-state index < -0.39 is 0 Å². The molecular formula is C45H30N2O. The molecule has 0 spiro atoms. The molecule has 0 fully saturated rings. The molecule has 0 amide bonds. The van der Waals surface area contributed by atoms with Crippen molar-refractivity contribution >= 4 is 49.9 Å². The van der Waals surface area contributed by atoms with Gasteiger partial charge in [-0.15, -0.1) is 0 Å². The van der Waals surface area contributed by atoms with Crippen LogP contribution in [0.3, 0.4) is 0 Å². The van der Waals surface area contributed by atoms with Crippen LogP contribution in [0.15, 0.2) is 187 Å². The largest absolute Gasteiger partial charge is 0.435 e. The number of anilines is 3. The fourth-order valence-electron chi connectivity index (χ4n) is 6.76. The lowest BCUT2D eigenvalue weighted by Gasteiger charge is -2.27. The van der Waals surface area contributed by atoms with Crippen LogP contribution in [0.5, 0.6) is 0 Å². The topological polar surface area (TPSA) is 29.3 Å². The molecule has 2 aromatic heterocycles. The van der Waals surface area contributed by atoms with Crippen molar-refractivity contribution in [3.05, 3.63) is 182 Å². The average Bonchev–Trinajstić information content (AvgIpc) is 3.54. The molecule has 0 unspecified atom stereocenters. The SMILES string of the molecule is c1ccc(-c2ccc(-c3ccc(N(c4cccc(-c5ccccc5)c4)c4c5ccccc5cc5c4oc4ncccc45)cc3)cc2)cc1. The second-order valence-corrected chi connectivity index (χ2v) is 12.0. The number of fused-ring (bicyclic) bond motifs is 4. The van der Waals surface area contributed by atoms with Crippen molar-refractivity contribution < 1.29 is 4.42 Å². The number of furan rings is 1. The van der Waals surface area contributed by atoms with Crippen molar-refractivity contribution in [2.24, 2.45) is 0 Å². The van der Waals surface area contributed by atoms with E-state index in [0.29, 0.717) is 5.71 Å². The smallest absolute Gasteiger partial charge is 0.227 e. The molecule has 0 atom stereocenters. The van der Waals surface area contributed by atoms with Crippen LogP contribution < -0.4 is 4.90 Å². The lowest BCUT2D eigenvalue weighted by molar-refractivity contribution is 0.655. The van der Waals surface area contributed by atoms with E-state index in [9.17, 15) is 0 Å². The van der Waals surface area contributed by atoms with Gasteiger partial charge in [0, 0.05) is 33.7 Å². The Morgan fingerprint density at radius 2 is 0.958 bits per heavy atom. The average molecular weight is 615 g/mol. The first-order chi connectivity index (χ1) is 23.8. The van der Waals surface area contributed by atoms with E-state index in [1.54, 1.807) is 6.20 Å². The zero-order chi connectivity index (χ0) is 31.9. The number of nitrogens with zero attached hydrogens (tertiary/aromatic N) is 2. The summed E-state index contributed by atoms with van der Waals surface area (Å²) in [5.41, 5.74) is 11.6. The molecule has 0 saturated carbocycles. The van der Waals surface area contributed by atoms with Gasteiger partial charge in [-0.3, -0.25) is 0 Å². The number of aromatic nitrogens is 1. The number of benzene rings is 7. The third kappa shape index (κ3) is 4.90. The normalized spacial score (nSPS) is 11.3. The number of hydrogen-bond acceptors (Lipinski definition) is 3. The summed E-state index contributed by atoms with van der Waals surface area (Å²) in [6.07, 6.45) is 1.79. The monoisotopic (exact) mass is 614 g/mol. The molecular weight excluding hydrogens is 585 g/mol. The second kappa shape index (κ2) is 11.7. The van der Waals surface area contributed by atoms with E-state index >= 15 is 0 Å². The Balaban J connectivity index is 1.23. The first kappa shape index (κ1) is 27.8. The summed E-state index contributed by atoms with van der Waals surface area (Å²) in [4.78, 5) is 6.93. The van der Waals surface area contributed by atoms with Gasteiger partial charge in [-0.25, -0.2) is 4.98 Å². The first-order valence-electron chi connectivity index (χ1n) is 16.2. The number of pyridine rings is 1. The predicted molar refractivity (Wildman–Crippen MR) is 200 cm³/mol. The predicted octanol–water partition coefficient (Wildman–Crippen LogP) is 12.6. The summed E-state index contributed by atoms with van der Waals surface area (Å²) in [5.74, 6) is 0. The van der Waals surface area contributed by atoms with Gasteiger partial charge in [0.25, 0.3) is 0 Å². The summed E-state index contributed by atoms with van der Waals surface area (Å²) in [6.45, 7) is 0.